The number of aromatic nitrogens is 4. The number of rotatable bonds is 9. The first-order valence-electron chi connectivity index (χ1n) is 10.3. The average Bonchev–Trinajstić information content (AvgIpc) is 3.22. The summed E-state index contributed by atoms with van der Waals surface area (Å²) in [5.74, 6) is 2.37. The maximum absolute atomic E-state index is 11.7. The second-order valence-corrected chi connectivity index (χ2v) is 9.61. The van der Waals surface area contributed by atoms with Gasteiger partial charge in [-0.25, -0.2) is 18.4 Å². The Morgan fingerprint density at radius 2 is 1.74 bits per heavy atom. The van der Waals surface area contributed by atoms with E-state index in [1.54, 1.807) is 31.4 Å². The number of hydrogen-bond donors (Lipinski definition) is 1. The predicted octanol–water partition coefficient (Wildman–Crippen LogP) is 3.64. The fourth-order valence-corrected chi connectivity index (χ4v) is 3.87. The van der Waals surface area contributed by atoms with E-state index < -0.39 is 9.84 Å². The van der Waals surface area contributed by atoms with Crippen LogP contribution in [0.25, 0.3) is 22.7 Å². The maximum Gasteiger partial charge on any atom is 0.234 e. The zero-order valence-corrected chi connectivity index (χ0v) is 19.9. The Morgan fingerprint density at radius 1 is 1.00 bits per heavy atom. The summed E-state index contributed by atoms with van der Waals surface area (Å²) in [6.07, 6.45) is 2.46. The first-order valence-corrected chi connectivity index (χ1v) is 12.2. The van der Waals surface area contributed by atoms with Gasteiger partial charge in [-0.15, -0.1) is 0 Å². The standard InChI is InChI=1S/C23H24N4O6S/c1-14(13-30-2)32-17-9-15(21-26-22-23(27-21)25-20(31-3)12-24-22)10-18(11-17)33-16-5-7-19(8-6-16)34(4,28)29/h5-12,14H,13H2,1-4H3,(H,24,25,26,27)/t14-/m0/s1. The molecule has 0 radical (unpaired) electrons. The molecule has 2 heterocycles. The van der Waals surface area contributed by atoms with Gasteiger partial charge in [-0.3, -0.25) is 0 Å². The molecule has 10 nitrogen and oxygen atoms in total. The molecule has 0 aliphatic carbocycles. The van der Waals surface area contributed by atoms with E-state index in [1.165, 1.54) is 25.4 Å². The molecule has 4 aromatic rings. The number of ether oxygens (including phenoxy) is 4. The van der Waals surface area contributed by atoms with Crippen LogP contribution in [0.2, 0.25) is 0 Å². The van der Waals surface area contributed by atoms with Crippen LogP contribution in [0.5, 0.6) is 23.1 Å². The van der Waals surface area contributed by atoms with Gasteiger partial charge in [0, 0.05) is 25.0 Å². The lowest BCUT2D eigenvalue weighted by atomic mass is 10.2. The SMILES string of the molecule is COC[C@H](C)Oc1cc(Oc2ccc(S(C)(=O)=O)cc2)cc(-c2nc3nc(OC)cnc3[nH]2)c1. The van der Waals surface area contributed by atoms with Crippen LogP contribution in [0.3, 0.4) is 0 Å². The van der Waals surface area contributed by atoms with E-state index in [4.69, 9.17) is 18.9 Å². The smallest absolute Gasteiger partial charge is 0.234 e. The molecule has 0 saturated heterocycles. The minimum absolute atomic E-state index is 0.203. The van der Waals surface area contributed by atoms with Crippen LogP contribution in [-0.4, -0.2) is 61.5 Å². The van der Waals surface area contributed by atoms with Crippen LogP contribution >= 0.6 is 0 Å². The Kier molecular flexibility index (Phi) is 6.66. The number of hydrogen-bond acceptors (Lipinski definition) is 9. The molecule has 1 atom stereocenters. The van der Waals surface area contributed by atoms with Gasteiger partial charge < -0.3 is 23.9 Å². The molecule has 1 N–H and O–H groups in total. The summed E-state index contributed by atoms with van der Waals surface area (Å²) in [6.45, 7) is 2.30. The van der Waals surface area contributed by atoms with Crippen molar-refractivity contribution < 1.29 is 27.4 Å². The molecule has 0 saturated carbocycles. The van der Waals surface area contributed by atoms with Crippen LogP contribution in [0.15, 0.2) is 53.6 Å². The van der Waals surface area contributed by atoms with Gasteiger partial charge >= 0.3 is 0 Å². The van der Waals surface area contributed by atoms with Gasteiger partial charge in [0.05, 0.1) is 24.8 Å². The minimum atomic E-state index is -3.30. The third-order valence-electron chi connectivity index (χ3n) is 4.78. The molecule has 0 unspecified atom stereocenters. The summed E-state index contributed by atoms with van der Waals surface area (Å²) in [7, 11) is -0.183. The Balaban J connectivity index is 1.70. The van der Waals surface area contributed by atoms with Gasteiger partial charge in [-0.05, 0) is 43.3 Å². The van der Waals surface area contributed by atoms with Gasteiger partial charge in [-0.2, -0.15) is 4.98 Å². The molecular formula is C23H24N4O6S. The Hall–Kier alpha value is -3.70. The number of sulfone groups is 1. The molecule has 11 heteroatoms. The molecule has 34 heavy (non-hydrogen) atoms. The summed E-state index contributed by atoms with van der Waals surface area (Å²) in [5, 5.41) is 0. The lowest BCUT2D eigenvalue weighted by Gasteiger charge is -2.16. The number of imidazole rings is 1. The second-order valence-electron chi connectivity index (χ2n) is 7.59. The highest BCUT2D eigenvalue weighted by Gasteiger charge is 2.14. The number of fused-ring (bicyclic) bond motifs is 1. The van der Waals surface area contributed by atoms with E-state index in [2.05, 4.69) is 19.9 Å². The third-order valence-corrected chi connectivity index (χ3v) is 5.90. The quantitative estimate of drug-likeness (QED) is 0.379. The van der Waals surface area contributed by atoms with E-state index in [0.29, 0.717) is 52.4 Å². The molecule has 2 aromatic heterocycles. The largest absolute Gasteiger partial charge is 0.488 e. The lowest BCUT2D eigenvalue weighted by Crippen LogP contribution is -2.17. The van der Waals surface area contributed by atoms with Crippen molar-refractivity contribution in [2.45, 2.75) is 17.9 Å². The molecule has 0 spiro atoms. The fraction of sp³-hybridized carbons (Fsp3) is 0.261. The monoisotopic (exact) mass is 484 g/mol. The molecule has 178 valence electrons. The van der Waals surface area contributed by atoms with Gasteiger partial charge in [0.2, 0.25) is 11.5 Å². The van der Waals surface area contributed by atoms with E-state index in [9.17, 15) is 8.42 Å². The summed E-state index contributed by atoms with van der Waals surface area (Å²) < 4.78 is 45.7. The highest BCUT2D eigenvalue weighted by Crippen LogP contribution is 2.33. The van der Waals surface area contributed by atoms with Crippen molar-refractivity contribution in [2.24, 2.45) is 0 Å². The maximum atomic E-state index is 11.7. The number of nitrogens with one attached hydrogen (secondary N) is 1. The number of benzene rings is 2. The average molecular weight is 485 g/mol. The topological polar surface area (TPSA) is 126 Å². The zero-order chi connectivity index (χ0) is 24.3. The Morgan fingerprint density at radius 3 is 2.41 bits per heavy atom. The number of H-pyrrole nitrogens is 1. The first kappa shape index (κ1) is 23.5. The fourth-order valence-electron chi connectivity index (χ4n) is 3.24. The second kappa shape index (κ2) is 9.65. The molecule has 0 aliphatic heterocycles. The van der Waals surface area contributed by atoms with Crippen LogP contribution in [-0.2, 0) is 14.6 Å². The molecule has 0 bridgehead atoms. The van der Waals surface area contributed by atoms with Crippen LogP contribution < -0.4 is 14.2 Å². The zero-order valence-electron chi connectivity index (χ0n) is 19.1. The van der Waals surface area contributed by atoms with Crippen molar-refractivity contribution in [2.75, 3.05) is 27.1 Å². The van der Waals surface area contributed by atoms with Gasteiger partial charge in [0.15, 0.2) is 15.5 Å². The van der Waals surface area contributed by atoms with E-state index in [0.717, 1.165) is 6.26 Å². The van der Waals surface area contributed by atoms with Gasteiger partial charge in [0.25, 0.3) is 0 Å². The van der Waals surface area contributed by atoms with Crippen molar-refractivity contribution in [3.8, 4) is 34.5 Å². The summed E-state index contributed by atoms with van der Waals surface area (Å²) >= 11 is 0. The van der Waals surface area contributed by atoms with Crippen molar-refractivity contribution in [3.63, 3.8) is 0 Å². The lowest BCUT2D eigenvalue weighted by molar-refractivity contribution is 0.0920. The molecule has 2 aromatic carbocycles. The Bertz CT molecular complexity index is 1400. The normalized spacial score (nSPS) is 12.5. The third kappa shape index (κ3) is 5.43. The van der Waals surface area contributed by atoms with Gasteiger partial charge in [0.1, 0.15) is 29.2 Å². The summed E-state index contributed by atoms with van der Waals surface area (Å²) in [6, 6.07) is 11.5. The molecular weight excluding hydrogens is 460 g/mol. The summed E-state index contributed by atoms with van der Waals surface area (Å²) in [5.41, 5.74) is 1.60. The molecule has 0 fully saturated rings. The van der Waals surface area contributed by atoms with Crippen LogP contribution in [0.1, 0.15) is 6.92 Å². The van der Waals surface area contributed by atoms with E-state index >= 15 is 0 Å². The number of nitrogens with zero attached hydrogens (tertiary/aromatic N) is 3. The number of aromatic amines is 1. The van der Waals surface area contributed by atoms with E-state index in [-0.39, 0.29) is 11.0 Å². The molecule has 0 amide bonds. The van der Waals surface area contributed by atoms with Crippen molar-refractivity contribution in [1.82, 2.24) is 19.9 Å². The minimum Gasteiger partial charge on any atom is -0.488 e. The van der Waals surface area contributed by atoms with Gasteiger partial charge in [-0.1, -0.05) is 0 Å². The summed E-state index contributed by atoms with van der Waals surface area (Å²) in [4.78, 5) is 16.5. The molecule has 4 rings (SSSR count). The highest BCUT2D eigenvalue weighted by atomic mass is 32.2. The first-order chi connectivity index (χ1) is 16.2. The van der Waals surface area contributed by atoms with Crippen molar-refractivity contribution in [1.29, 1.82) is 0 Å². The van der Waals surface area contributed by atoms with E-state index in [1.807, 2.05) is 13.0 Å². The molecule has 0 aliphatic rings. The predicted molar refractivity (Wildman–Crippen MR) is 125 cm³/mol. The number of methoxy groups -OCH3 is 2. The van der Waals surface area contributed by atoms with Crippen molar-refractivity contribution >= 4 is 21.1 Å². The Labute approximate surface area is 196 Å². The van der Waals surface area contributed by atoms with Crippen LogP contribution in [0.4, 0.5) is 0 Å². The van der Waals surface area contributed by atoms with Crippen molar-refractivity contribution in [3.05, 3.63) is 48.7 Å². The highest BCUT2D eigenvalue weighted by molar-refractivity contribution is 7.90. The van der Waals surface area contributed by atoms with Crippen LogP contribution in [0, 0.1) is 0 Å².